The number of benzene rings is 2. The number of methoxy groups -OCH3 is 2. The Hall–Kier alpha value is -3.24. The number of carbonyl (C=O) groups is 2. The lowest BCUT2D eigenvalue weighted by Gasteiger charge is -2.41. The molecule has 0 amide bonds. The summed E-state index contributed by atoms with van der Waals surface area (Å²) < 4.78 is 34.3. The van der Waals surface area contributed by atoms with Gasteiger partial charge in [0.2, 0.25) is 6.79 Å². The van der Waals surface area contributed by atoms with E-state index in [4.69, 9.17) is 28.1 Å². The number of hydrogen-bond acceptors (Lipinski definition) is 8. The highest BCUT2D eigenvalue weighted by molar-refractivity contribution is 6.74. The second-order valence-corrected chi connectivity index (χ2v) is 15.5. The Balaban J connectivity index is 1.80. The third-order valence-electron chi connectivity index (χ3n) is 7.53. The lowest BCUT2D eigenvalue weighted by Crippen LogP contribution is -2.45. The van der Waals surface area contributed by atoms with Crippen LogP contribution in [0.2, 0.25) is 18.1 Å². The number of carbonyl (C=O) groups excluding carboxylic acids is 1. The van der Waals surface area contributed by atoms with E-state index < -0.39 is 44.3 Å². The van der Waals surface area contributed by atoms with Gasteiger partial charge in [-0.3, -0.25) is 9.59 Å². The second-order valence-electron chi connectivity index (χ2n) is 10.8. The SMILES string of the molecule is COc1ccc([C@@H]2OC(=O)[C@H]([C@H](O[Si](C)(C)C(C)(C)C)c3ccc4c(c3)OCO4)[C@@H]2C(=O)O)cc1OC. The fraction of sp³-hybridized carbons (Fsp3) is 0.481. The fourth-order valence-corrected chi connectivity index (χ4v) is 5.72. The van der Waals surface area contributed by atoms with Gasteiger partial charge < -0.3 is 33.2 Å². The van der Waals surface area contributed by atoms with Crippen molar-refractivity contribution >= 4 is 20.3 Å². The smallest absolute Gasteiger partial charge is 0.313 e. The quantitative estimate of drug-likeness (QED) is 0.368. The van der Waals surface area contributed by atoms with Gasteiger partial charge in [-0.1, -0.05) is 32.9 Å². The minimum absolute atomic E-state index is 0.0944. The van der Waals surface area contributed by atoms with Crippen molar-refractivity contribution in [2.45, 2.75) is 51.1 Å². The predicted octanol–water partition coefficient (Wildman–Crippen LogP) is 5.11. The first-order chi connectivity index (χ1) is 17.4. The third kappa shape index (κ3) is 5.00. The Kier molecular flexibility index (Phi) is 7.18. The summed E-state index contributed by atoms with van der Waals surface area (Å²) in [5.74, 6) is -2.07. The molecule has 1 saturated heterocycles. The molecule has 0 aromatic heterocycles. The molecule has 1 N–H and O–H groups in total. The molecule has 10 heteroatoms. The minimum atomic E-state index is -2.48. The summed E-state index contributed by atoms with van der Waals surface area (Å²) in [5, 5.41) is 10.2. The number of aliphatic carboxylic acids is 1. The van der Waals surface area contributed by atoms with Gasteiger partial charge in [0.25, 0.3) is 0 Å². The first-order valence-electron chi connectivity index (χ1n) is 12.1. The van der Waals surface area contributed by atoms with E-state index in [2.05, 4.69) is 33.9 Å². The zero-order valence-electron chi connectivity index (χ0n) is 22.2. The molecule has 2 aromatic carbocycles. The summed E-state index contributed by atoms with van der Waals surface area (Å²) in [6.45, 7) is 10.5. The molecule has 0 aliphatic carbocycles. The molecule has 2 aromatic rings. The zero-order valence-corrected chi connectivity index (χ0v) is 23.2. The van der Waals surface area contributed by atoms with Crippen LogP contribution >= 0.6 is 0 Å². The number of rotatable bonds is 8. The van der Waals surface area contributed by atoms with Crippen molar-refractivity contribution in [1.29, 1.82) is 0 Å². The maximum Gasteiger partial charge on any atom is 0.313 e. The molecular weight excluding hydrogens is 496 g/mol. The average molecular weight is 531 g/mol. The molecule has 200 valence electrons. The van der Waals surface area contributed by atoms with Crippen molar-refractivity contribution in [3.8, 4) is 23.0 Å². The Morgan fingerprint density at radius 2 is 1.70 bits per heavy atom. The van der Waals surface area contributed by atoms with Crippen LogP contribution < -0.4 is 18.9 Å². The normalized spacial score (nSPS) is 21.9. The molecule has 2 aliphatic heterocycles. The second kappa shape index (κ2) is 9.90. The maximum atomic E-state index is 13.5. The van der Waals surface area contributed by atoms with Crippen molar-refractivity contribution in [2.24, 2.45) is 11.8 Å². The molecule has 4 atom stereocenters. The van der Waals surface area contributed by atoms with Crippen molar-refractivity contribution in [3.05, 3.63) is 47.5 Å². The molecule has 2 heterocycles. The summed E-state index contributed by atoms with van der Waals surface area (Å²) >= 11 is 0. The van der Waals surface area contributed by atoms with E-state index in [9.17, 15) is 14.7 Å². The van der Waals surface area contributed by atoms with Crippen LogP contribution in [0, 0.1) is 11.8 Å². The standard InChI is InChI=1S/C27H34O9Si/c1-27(2,3)37(6,7)36-24(16-9-11-18-20(13-16)34-14-33-18)22-21(25(28)29)23(35-26(22)30)15-8-10-17(31-4)19(12-15)32-5/h8-13,21-24H,14H2,1-7H3,(H,28,29)/t21-,22-,23-,24+/m0/s1. The van der Waals surface area contributed by atoms with Gasteiger partial charge >= 0.3 is 11.9 Å². The molecule has 1 fully saturated rings. The van der Waals surface area contributed by atoms with Gasteiger partial charge in [-0.2, -0.15) is 0 Å². The Labute approximate surface area is 217 Å². The number of ether oxygens (including phenoxy) is 5. The van der Waals surface area contributed by atoms with E-state index in [1.54, 1.807) is 36.4 Å². The van der Waals surface area contributed by atoms with E-state index in [1.165, 1.54) is 14.2 Å². The maximum absolute atomic E-state index is 13.5. The highest BCUT2D eigenvalue weighted by Crippen LogP contribution is 2.51. The topological polar surface area (TPSA) is 110 Å². The molecule has 0 spiro atoms. The molecule has 4 rings (SSSR count). The van der Waals surface area contributed by atoms with Gasteiger partial charge in [0.1, 0.15) is 17.9 Å². The van der Waals surface area contributed by atoms with Crippen LogP contribution in [0.25, 0.3) is 0 Å². The molecule has 0 unspecified atom stereocenters. The van der Waals surface area contributed by atoms with Crippen LogP contribution in [0.15, 0.2) is 36.4 Å². The molecule has 0 saturated carbocycles. The number of carboxylic acid groups (broad SMARTS) is 1. The summed E-state index contributed by atoms with van der Waals surface area (Å²) in [4.78, 5) is 26.2. The number of hydrogen-bond donors (Lipinski definition) is 1. The third-order valence-corrected chi connectivity index (χ3v) is 12.0. The van der Waals surface area contributed by atoms with E-state index in [0.717, 1.165) is 0 Å². The predicted molar refractivity (Wildman–Crippen MR) is 137 cm³/mol. The van der Waals surface area contributed by atoms with Crippen LogP contribution in [-0.4, -0.2) is 46.4 Å². The number of esters is 1. The van der Waals surface area contributed by atoms with Gasteiger partial charge in [0, 0.05) is 0 Å². The van der Waals surface area contributed by atoms with Crippen LogP contribution in [0.4, 0.5) is 0 Å². The molecular formula is C27H34O9Si. The van der Waals surface area contributed by atoms with Crippen molar-refractivity contribution in [1.82, 2.24) is 0 Å². The van der Waals surface area contributed by atoms with Crippen LogP contribution in [-0.2, 0) is 18.8 Å². The van der Waals surface area contributed by atoms with E-state index >= 15 is 0 Å². The van der Waals surface area contributed by atoms with Gasteiger partial charge in [-0.25, -0.2) is 0 Å². The average Bonchev–Trinajstić information content (AvgIpc) is 3.45. The Bertz CT molecular complexity index is 1190. The van der Waals surface area contributed by atoms with E-state index in [1.807, 2.05) is 0 Å². The van der Waals surface area contributed by atoms with Crippen LogP contribution in [0.5, 0.6) is 23.0 Å². The Morgan fingerprint density at radius 3 is 2.32 bits per heavy atom. The minimum Gasteiger partial charge on any atom is -0.493 e. The van der Waals surface area contributed by atoms with Gasteiger partial charge in [-0.15, -0.1) is 0 Å². The van der Waals surface area contributed by atoms with Crippen molar-refractivity contribution in [2.75, 3.05) is 21.0 Å². The first kappa shape index (κ1) is 26.8. The van der Waals surface area contributed by atoms with Crippen molar-refractivity contribution in [3.63, 3.8) is 0 Å². The molecule has 0 bridgehead atoms. The van der Waals surface area contributed by atoms with Crippen LogP contribution in [0.1, 0.15) is 44.1 Å². The number of fused-ring (bicyclic) bond motifs is 1. The van der Waals surface area contributed by atoms with E-state index in [0.29, 0.717) is 34.1 Å². The summed E-state index contributed by atoms with van der Waals surface area (Å²) in [6.07, 6.45) is -1.90. The molecule has 9 nitrogen and oxygen atoms in total. The molecule has 37 heavy (non-hydrogen) atoms. The summed E-state index contributed by atoms with van der Waals surface area (Å²) in [5.41, 5.74) is 1.13. The van der Waals surface area contributed by atoms with Crippen molar-refractivity contribution < 1.29 is 42.8 Å². The largest absolute Gasteiger partial charge is 0.493 e. The zero-order chi connectivity index (χ0) is 27.1. The molecule has 2 aliphatic rings. The lowest BCUT2D eigenvalue weighted by atomic mass is 9.81. The Morgan fingerprint density at radius 1 is 1.03 bits per heavy atom. The molecule has 0 radical (unpaired) electrons. The van der Waals surface area contributed by atoms with E-state index in [-0.39, 0.29) is 11.8 Å². The van der Waals surface area contributed by atoms with Gasteiger partial charge in [0.05, 0.1) is 20.3 Å². The highest BCUT2D eigenvalue weighted by atomic mass is 28.4. The summed E-state index contributed by atoms with van der Waals surface area (Å²) in [6, 6.07) is 10.3. The monoisotopic (exact) mass is 530 g/mol. The van der Waals surface area contributed by atoms with Gasteiger partial charge in [0.15, 0.2) is 31.3 Å². The first-order valence-corrected chi connectivity index (χ1v) is 15.0. The number of cyclic esters (lactones) is 1. The fourth-order valence-electron chi connectivity index (χ4n) is 4.45. The highest BCUT2D eigenvalue weighted by Gasteiger charge is 2.55. The van der Waals surface area contributed by atoms with Crippen LogP contribution in [0.3, 0.4) is 0 Å². The summed E-state index contributed by atoms with van der Waals surface area (Å²) in [7, 11) is 0.524. The number of carboxylic acids is 1. The lowest BCUT2D eigenvalue weighted by molar-refractivity contribution is -0.148. The van der Waals surface area contributed by atoms with Gasteiger partial charge in [-0.05, 0) is 53.5 Å².